The molecule has 0 atom stereocenters. The number of rotatable bonds is 5. The fraction of sp³-hybridized carbons (Fsp3) is 0.611. The zero-order valence-electron chi connectivity index (χ0n) is 14.7. The number of H-pyrrole nitrogens is 1. The monoisotopic (exact) mass is 340 g/mol. The maximum atomic E-state index is 10.5. The molecule has 3 N–H and O–H groups in total. The van der Waals surface area contributed by atoms with Crippen molar-refractivity contribution in [1.29, 1.82) is 0 Å². The summed E-state index contributed by atoms with van der Waals surface area (Å²) in [5.41, 5.74) is 0.512. The van der Waals surface area contributed by atoms with E-state index < -0.39 is 5.60 Å². The van der Waals surface area contributed by atoms with Crippen LogP contribution >= 0.6 is 0 Å². The van der Waals surface area contributed by atoms with E-state index in [1.807, 2.05) is 19.9 Å². The van der Waals surface area contributed by atoms with Crippen LogP contribution in [0.5, 0.6) is 0 Å². The first kappa shape index (κ1) is 15.1. The van der Waals surface area contributed by atoms with E-state index in [0.717, 1.165) is 37.0 Å². The van der Waals surface area contributed by atoms with Crippen LogP contribution in [0.15, 0.2) is 18.3 Å². The van der Waals surface area contributed by atoms with Crippen LogP contribution in [-0.2, 0) is 0 Å². The second-order valence-electron chi connectivity index (χ2n) is 8.38. The average molecular weight is 340 g/mol. The van der Waals surface area contributed by atoms with Crippen molar-refractivity contribution in [2.75, 3.05) is 16.8 Å². The number of aliphatic hydroxyl groups is 1. The summed E-state index contributed by atoms with van der Waals surface area (Å²) in [6.45, 7) is 4.65. The first-order valence-electron chi connectivity index (χ1n) is 9.08. The average Bonchev–Trinajstić information content (AvgIpc) is 2.99. The van der Waals surface area contributed by atoms with Crippen LogP contribution < -0.4 is 10.2 Å². The van der Waals surface area contributed by atoms with Gasteiger partial charge < -0.3 is 15.3 Å². The molecule has 2 bridgehead atoms. The van der Waals surface area contributed by atoms with Crippen LogP contribution in [0.25, 0.3) is 0 Å². The van der Waals surface area contributed by atoms with Crippen molar-refractivity contribution < 1.29 is 5.11 Å². The van der Waals surface area contributed by atoms with Gasteiger partial charge >= 0.3 is 0 Å². The minimum absolute atomic E-state index is 0.0220. The lowest BCUT2D eigenvalue weighted by atomic mass is 9.61. The highest BCUT2D eigenvalue weighted by molar-refractivity contribution is 5.54. The van der Waals surface area contributed by atoms with Gasteiger partial charge in [0.15, 0.2) is 5.82 Å². The number of hydrogen-bond acceptors (Lipinski definition) is 6. The first-order chi connectivity index (χ1) is 11.9. The molecule has 2 saturated carbocycles. The Morgan fingerprint density at radius 3 is 2.80 bits per heavy atom. The molecule has 4 aliphatic rings. The summed E-state index contributed by atoms with van der Waals surface area (Å²) in [6.07, 6.45) is 6.31. The number of nitrogens with zero attached hydrogens (tertiary/aromatic N) is 4. The van der Waals surface area contributed by atoms with Crippen LogP contribution in [-0.4, -0.2) is 43.5 Å². The largest absolute Gasteiger partial charge is 0.390 e. The van der Waals surface area contributed by atoms with E-state index in [4.69, 9.17) is 0 Å². The fourth-order valence-electron chi connectivity index (χ4n) is 4.27. The standard InChI is InChI=1S/C18H24N6O/c1-17(2,25)18-8-12(9-18)24(10-18)16-19-6-5-14(21-16)20-15-7-13(22-23-15)11-3-4-11/h5-7,11-12,25H,3-4,8-10H2,1-2H3,(H2,19,20,21,22,23). The van der Waals surface area contributed by atoms with Crippen LogP contribution in [0.1, 0.15) is 51.1 Å². The van der Waals surface area contributed by atoms with Crippen molar-refractivity contribution >= 4 is 17.6 Å². The maximum absolute atomic E-state index is 10.5. The van der Waals surface area contributed by atoms with Crippen molar-refractivity contribution in [3.8, 4) is 0 Å². The Balaban J connectivity index is 1.33. The summed E-state index contributed by atoms with van der Waals surface area (Å²) < 4.78 is 0. The predicted octanol–water partition coefficient (Wildman–Crippen LogP) is 2.56. The molecule has 0 unspecified atom stereocenters. The van der Waals surface area contributed by atoms with Gasteiger partial charge in [0, 0.05) is 41.9 Å². The topological polar surface area (TPSA) is 90.0 Å². The molecular formula is C18H24N6O. The molecule has 2 aliphatic carbocycles. The van der Waals surface area contributed by atoms with Gasteiger partial charge in [-0.15, -0.1) is 0 Å². The molecular weight excluding hydrogens is 316 g/mol. The highest BCUT2D eigenvalue weighted by Crippen LogP contribution is 2.58. The second-order valence-corrected chi connectivity index (χ2v) is 8.38. The number of nitrogens with one attached hydrogen (secondary N) is 2. The van der Waals surface area contributed by atoms with Crippen LogP contribution in [0.3, 0.4) is 0 Å². The van der Waals surface area contributed by atoms with Crippen molar-refractivity contribution in [3.63, 3.8) is 0 Å². The Kier molecular flexibility index (Phi) is 2.99. The van der Waals surface area contributed by atoms with E-state index in [2.05, 4.69) is 36.4 Å². The fourth-order valence-corrected chi connectivity index (χ4v) is 4.27. The zero-order valence-corrected chi connectivity index (χ0v) is 14.7. The minimum Gasteiger partial charge on any atom is -0.390 e. The summed E-state index contributed by atoms with van der Waals surface area (Å²) in [7, 11) is 0. The Morgan fingerprint density at radius 1 is 1.32 bits per heavy atom. The summed E-state index contributed by atoms with van der Waals surface area (Å²) in [6, 6.07) is 4.37. The molecule has 2 aromatic rings. The molecule has 7 heteroatoms. The minimum atomic E-state index is -0.664. The van der Waals surface area contributed by atoms with Gasteiger partial charge in [0.1, 0.15) is 5.82 Å². The summed E-state index contributed by atoms with van der Waals surface area (Å²) in [5.74, 6) is 2.93. The van der Waals surface area contributed by atoms with Crippen LogP contribution in [0, 0.1) is 5.41 Å². The van der Waals surface area contributed by atoms with Gasteiger partial charge in [-0.05, 0) is 45.6 Å². The molecule has 0 radical (unpaired) electrons. The quantitative estimate of drug-likeness (QED) is 0.775. The van der Waals surface area contributed by atoms with E-state index >= 15 is 0 Å². The molecule has 4 fully saturated rings. The Morgan fingerprint density at radius 2 is 2.12 bits per heavy atom. The lowest BCUT2D eigenvalue weighted by Crippen LogP contribution is -2.50. The van der Waals surface area contributed by atoms with Crippen LogP contribution in [0.4, 0.5) is 17.6 Å². The maximum Gasteiger partial charge on any atom is 0.227 e. The highest BCUT2D eigenvalue weighted by Gasteiger charge is 2.62. The van der Waals surface area contributed by atoms with E-state index in [1.54, 1.807) is 6.20 Å². The summed E-state index contributed by atoms with van der Waals surface area (Å²) >= 11 is 0. The smallest absolute Gasteiger partial charge is 0.227 e. The summed E-state index contributed by atoms with van der Waals surface area (Å²) in [5, 5.41) is 21.2. The van der Waals surface area contributed by atoms with Crippen molar-refractivity contribution in [2.24, 2.45) is 5.41 Å². The van der Waals surface area contributed by atoms with E-state index in [-0.39, 0.29) is 5.41 Å². The molecule has 25 heavy (non-hydrogen) atoms. The van der Waals surface area contributed by atoms with Crippen LogP contribution in [0.2, 0.25) is 0 Å². The molecule has 0 spiro atoms. The zero-order chi connectivity index (χ0) is 17.2. The Labute approximate surface area is 146 Å². The Bertz CT molecular complexity index is 800. The van der Waals surface area contributed by atoms with E-state index in [9.17, 15) is 5.11 Å². The van der Waals surface area contributed by atoms with Gasteiger partial charge in [-0.25, -0.2) is 4.98 Å². The van der Waals surface area contributed by atoms with Gasteiger partial charge in [0.25, 0.3) is 0 Å². The second kappa shape index (κ2) is 4.94. The van der Waals surface area contributed by atoms with Gasteiger partial charge in [0.2, 0.25) is 5.95 Å². The van der Waals surface area contributed by atoms with Gasteiger partial charge in [0.05, 0.1) is 5.60 Å². The first-order valence-corrected chi connectivity index (χ1v) is 9.08. The third-order valence-corrected chi connectivity index (χ3v) is 6.24. The van der Waals surface area contributed by atoms with Crippen molar-refractivity contribution in [2.45, 2.75) is 57.1 Å². The molecule has 2 saturated heterocycles. The van der Waals surface area contributed by atoms with Gasteiger partial charge in [-0.1, -0.05) is 0 Å². The molecule has 6 rings (SSSR count). The number of anilines is 3. The normalized spacial score (nSPS) is 28.1. The number of aromatic nitrogens is 4. The third kappa shape index (κ3) is 2.40. The predicted molar refractivity (Wildman–Crippen MR) is 95.0 cm³/mol. The van der Waals surface area contributed by atoms with Crippen molar-refractivity contribution in [1.82, 2.24) is 20.2 Å². The molecule has 2 aliphatic heterocycles. The van der Waals surface area contributed by atoms with Gasteiger partial charge in [-0.3, -0.25) is 5.10 Å². The molecule has 4 heterocycles. The molecule has 2 aromatic heterocycles. The summed E-state index contributed by atoms with van der Waals surface area (Å²) in [4.78, 5) is 11.4. The molecule has 0 amide bonds. The molecule has 7 nitrogen and oxygen atoms in total. The SMILES string of the molecule is CC(C)(O)C12CC(C1)N(c1nccc(Nc3cc(C4CC4)[nH]n3)n1)C2. The van der Waals surface area contributed by atoms with Gasteiger partial charge in [-0.2, -0.15) is 10.1 Å². The molecule has 0 aromatic carbocycles. The third-order valence-electron chi connectivity index (χ3n) is 6.24. The highest BCUT2D eigenvalue weighted by atomic mass is 16.3. The lowest BCUT2D eigenvalue weighted by molar-refractivity contribution is -0.0754. The number of aromatic amines is 1. The Hall–Kier alpha value is -2.15. The molecule has 132 valence electrons. The number of hydrogen-bond donors (Lipinski definition) is 3. The van der Waals surface area contributed by atoms with E-state index in [1.165, 1.54) is 18.5 Å². The van der Waals surface area contributed by atoms with Crippen molar-refractivity contribution in [3.05, 3.63) is 24.0 Å². The lowest BCUT2D eigenvalue weighted by Gasteiger charge is -2.45. The number of fused-ring (bicyclic) bond motifs is 1. The van der Waals surface area contributed by atoms with E-state index in [0.29, 0.717) is 12.0 Å².